The van der Waals surface area contributed by atoms with E-state index in [1.807, 2.05) is 31.2 Å². The number of rotatable bonds is 8. The minimum atomic E-state index is -0.0537. The van der Waals surface area contributed by atoms with Gasteiger partial charge in [-0.3, -0.25) is 4.79 Å². The van der Waals surface area contributed by atoms with Crippen molar-refractivity contribution in [1.82, 2.24) is 20.3 Å². The number of hydrogen-bond donors (Lipinski definition) is 2. The molecule has 1 aromatic carbocycles. The van der Waals surface area contributed by atoms with E-state index in [1.165, 1.54) is 0 Å². The molecule has 0 fully saturated rings. The number of ether oxygens (including phenoxy) is 2. The molecule has 0 radical (unpaired) electrons. The number of amides is 1. The number of fused-ring (bicyclic) bond motifs is 1. The van der Waals surface area contributed by atoms with Gasteiger partial charge in [0.15, 0.2) is 17.3 Å². The van der Waals surface area contributed by atoms with Crippen molar-refractivity contribution in [1.29, 1.82) is 0 Å². The molecule has 0 spiro atoms. The van der Waals surface area contributed by atoms with Crippen molar-refractivity contribution in [3.8, 4) is 34.3 Å². The van der Waals surface area contributed by atoms with Gasteiger partial charge in [-0.15, -0.1) is 0 Å². The van der Waals surface area contributed by atoms with Crippen LogP contribution in [0, 0.1) is 0 Å². The fourth-order valence-corrected chi connectivity index (χ4v) is 4.05. The van der Waals surface area contributed by atoms with Gasteiger partial charge in [0.05, 0.1) is 34.6 Å². The van der Waals surface area contributed by atoms with Gasteiger partial charge in [0.1, 0.15) is 0 Å². The predicted octanol–water partition coefficient (Wildman–Crippen LogP) is 4.76. The van der Waals surface area contributed by atoms with Gasteiger partial charge in [-0.2, -0.15) is 0 Å². The highest BCUT2D eigenvalue weighted by Crippen LogP contribution is 2.39. The number of halogens is 1. The van der Waals surface area contributed by atoms with Gasteiger partial charge in [-0.05, 0) is 53.5 Å². The lowest BCUT2D eigenvalue weighted by atomic mass is 10.1. The number of carbonyl (C=O) groups excluding carboxylic acids is 1. The monoisotopic (exact) mass is 484 g/mol. The van der Waals surface area contributed by atoms with Gasteiger partial charge in [-0.25, -0.2) is 9.97 Å². The molecule has 7 nitrogen and oxygen atoms in total. The Morgan fingerprint density at radius 1 is 1.19 bits per heavy atom. The van der Waals surface area contributed by atoms with E-state index < -0.39 is 0 Å². The maximum absolute atomic E-state index is 12.1. The van der Waals surface area contributed by atoms with Crippen molar-refractivity contribution in [3.05, 3.63) is 46.2 Å². The van der Waals surface area contributed by atoms with Crippen LogP contribution in [0.15, 0.2) is 34.9 Å². The summed E-state index contributed by atoms with van der Waals surface area (Å²) >= 11 is 3.61. The molecular formula is C23H25BrN4O3. The standard InChI is InChI=1S/C23H25BrN4O3/c1-3-5-10-31-21-16(24)11-14(12-20(21)30-4-2)22-25-8-7-18(28-22)19-13-15-17(27-19)6-9-26-23(15)29/h7-8,11-13,27H,3-6,9-10H2,1-2H3,(H,26,29). The zero-order valence-corrected chi connectivity index (χ0v) is 19.2. The van der Waals surface area contributed by atoms with Crippen molar-refractivity contribution in [2.75, 3.05) is 19.8 Å². The summed E-state index contributed by atoms with van der Waals surface area (Å²) in [5, 5.41) is 2.87. The highest BCUT2D eigenvalue weighted by molar-refractivity contribution is 9.10. The highest BCUT2D eigenvalue weighted by Gasteiger charge is 2.21. The average molecular weight is 485 g/mol. The van der Waals surface area contributed by atoms with Crippen molar-refractivity contribution in [2.45, 2.75) is 33.1 Å². The molecule has 4 rings (SSSR count). The third-order valence-corrected chi connectivity index (χ3v) is 5.64. The van der Waals surface area contributed by atoms with Gasteiger partial charge < -0.3 is 19.8 Å². The number of aromatic nitrogens is 3. The van der Waals surface area contributed by atoms with Crippen LogP contribution in [0.1, 0.15) is 42.7 Å². The fraction of sp³-hybridized carbons (Fsp3) is 0.348. The number of aromatic amines is 1. The Morgan fingerprint density at radius 2 is 2.06 bits per heavy atom. The quantitative estimate of drug-likeness (QED) is 0.449. The van der Waals surface area contributed by atoms with Crippen LogP contribution in [0.5, 0.6) is 11.5 Å². The molecule has 0 saturated carbocycles. The molecule has 0 atom stereocenters. The van der Waals surface area contributed by atoms with E-state index in [4.69, 9.17) is 14.5 Å². The van der Waals surface area contributed by atoms with Crippen LogP contribution in [-0.2, 0) is 6.42 Å². The van der Waals surface area contributed by atoms with Gasteiger partial charge in [0.25, 0.3) is 5.91 Å². The van der Waals surface area contributed by atoms with Gasteiger partial charge in [-0.1, -0.05) is 13.3 Å². The molecule has 1 aliphatic heterocycles. The molecule has 1 aliphatic rings. The Labute approximate surface area is 189 Å². The Kier molecular flexibility index (Phi) is 6.56. The summed E-state index contributed by atoms with van der Waals surface area (Å²) in [4.78, 5) is 24.6. The fourth-order valence-electron chi connectivity index (χ4n) is 3.50. The second-order valence-electron chi connectivity index (χ2n) is 7.27. The molecule has 8 heteroatoms. The molecule has 1 amide bonds. The number of nitrogens with zero attached hydrogens (tertiary/aromatic N) is 2. The van der Waals surface area contributed by atoms with E-state index in [9.17, 15) is 4.79 Å². The average Bonchev–Trinajstić information content (AvgIpc) is 3.22. The summed E-state index contributed by atoms with van der Waals surface area (Å²) in [7, 11) is 0. The van der Waals surface area contributed by atoms with Gasteiger partial charge in [0.2, 0.25) is 0 Å². The second kappa shape index (κ2) is 9.51. The molecule has 31 heavy (non-hydrogen) atoms. The molecule has 0 bridgehead atoms. The Balaban J connectivity index is 1.68. The maximum atomic E-state index is 12.1. The first kappa shape index (κ1) is 21.4. The van der Waals surface area contributed by atoms with Crippen LogP contribution in [0.3, 0.4) is 0 Å². The van der Waals surface area contributed by atoms with Crippen LogP contribution in [0.2, 0.25) is 0 Å². The molecule has 0 saturated heterocycles. The van der Waals surface area contributed by atoms with Crippen LogP contribution in [-0.4, -0.2) is 40.6 Å². The Morgan fingerprint density at radius 3 is 2.84 bits per heavy atom. The molecule has 2 N–H and O–H groups in total. The van der Waals surface area contributed by atoms with E-state index in [2.05, 4.69) is 38.1 Å². The maximum Gasteiger partial charge on any atom is 0.253 e. The first-order valence-electron chi connectivity index (χ1n) is 10.5. The normalized spacial score (nSPS) is 12.9. The molecule has 3 aromatic rings. The van der Waals surface area contributed by atoms with E-state index >= 15 is 0 Å². The lowest BCUT2D eigenvalue weighted by Crippen LogP contribution is -2.31. The number of nitrogens with one attached hydrogen (secondary N) is 2. The topological polar surface area (TPSA) is 89.1 Å². The number of carbonyl (C=O) groups is 1. The molecular weight excluding hydrogens is 460 g/mol. The lowest BCUT2D eigenvalue weighted by Gasteiger charge is -2.15. The highest BCUT2D eigenvalue weighted by atomic mass is 79.9. The van der Waals surface area contributed by atoms with E-state index in [-0.39, 0.29) is 5.91 Å². The summed E-state index contributed by atoms with van der Waals surface area (Å²) in [5.74, 6) is 1.86. The van der Waals surface area contributed by atoms with Crippen LogP contribution < -0.4 is 14.8 Å². The number of hydrogen-bond acceptors (Lipinski definition) is 5. The number of unbranched alkanes of at least 4 members (excludes halogenated alkanes) is 1. The molecule has 0 aliphatic carbocycles. The van der Waals surface area contributed by atoms with E-state index in [1.54, 1.807) is 6.20 Å². The van der Waals surface area contributed by atoms with Crippen LogP contribution in [0.25, 0.3) is 22.8 Å². The minimum absolute atomic E-state index is 0.0537. The first-order valence-corrected chi connectivity index (χ1v) is 11.3. The zero-order valence-electron chi connectivity index (χ0n) is 17.6. The summed E-state index contributed by atoms with van der Waals surface area (Å²) in [6.45, 7) is 5.86. The van der Waals surface area contributed by atoms with E-state index in [0.717, 1.165) is 46.4 Å². The van der Waals surface area contributed by atoms with Crippen molar-refractivity contribution >= 4 is 21.8 Å². The third kappa shape index (κ3) is 4.58. The van der Waals surface area contributed by atoms with Crippen molar-refractivity contribution in [3.63, 3.8) is 0 Å². The molecule has 0 unspecified atom stereocenters. The summed E-state index contributed by atoms with van der Waals surface area (Å²) in [6, 6.07) is 7.53. The predicted molar refractivity (Wildman–Crippen MR) is 123 cm³/mol. The number of benzene rings is 1. The van der Waals surface area contributed by atoms with E-state index in [0.29, 0.717) is 42.6 Å². The molecule has 162 valence electrons. The minimum Gasteiger partial charge on any atom is -0.490 e. The third-order valence-electron chi connectivity index (χ3n) is 5.05. The zero-order chi connectivity index (χ0) is 21.8. The van der Waals surface area contributed by atoms with Crippen LogP contribution in [0.4, 0.5) is 0 Å². The van der Waals surface area contributed by atoms with Gasteiger partial charge >= 0.3 is 0 Å². The van der Waals surface area contributed by atoms with Crippen molar-refractivity contribution in [2.24, 2.45) is 0 Å². The lowest BCUT2D eigenvalue weighted by molar-refractivity contribution is 0.0946. The molecule has 3 heterocycles. The van der Waals surface area contributed by atoms with Crippen molar-refractivity contribution < 1.29 is 14.3 Å². The van der Waals surface area contributed by atoms with Crippen LogP contribution >= 0.6 is 15.9 Å². The SMILES string of the molecule is CCCCOc1c(Br)cc(-c2nccc(-c3cc4c([nH]3)CCNC4=O)n2)cc1OCC. The Bertz CT molecular complexity index is 1100. The second-order valence-corrected chi connectivity index (χ2v) is 8.12. The van der Waals surface area contributed by atoms with Gasteiger partial charge in [0, 0.05) is 30.4 Å². The summed E-state index contributed by atoms with van der Waals surface area (Å²) in [6.07, 6.45) is 4.54. The summed E-state index contributed by atoms with van der Waals surface area (Å²) < 4.78 is 12.6. The first-order chi connectivity index (χ1) is 15.1. The Hall–Kier alpha value is -2.87. The smallest absolute Gasteiger partial charge is 0.253 e. The number of H-pyrrole nitrogens is 1. The largest absolute Gasteiger partial charge is 0.490 e. The summed E-state index contributed by atoms with van der Waals surface area (Å²) in [5.41, 5.74) is 3.96. The molecule has 2 aromatic heterocycles.